The van der Waals surface area contributed by atoms with E-state index in [0.29, 0.717) is 36.5 Å². The molecule has 3 aromatic rings. The molecule has 1 aliphatic heterocycles. The number of amides is 1. The number of rotatable bonds is 7. The van der Waals surface area contributed by atoms with Crippen molar-refractivity contribution in [2.45, 2.75) is 13.0 Å². The van der Waals surface area contributed by atoms with Gasteiger partial charge in [0.05, 0.1) is 18.2 Å². The Labute approximate surface area is 185 Å². The fraction of sp³-hybridized carbons (Fsp3) is 0.318. The maximum absolute atomic E-state index is 13.3. The van der Waals surface area contributed by atoms with Crippen molar-refractivity contribution in [3.8, 4) is 0 Å². The Morgan fingerprint density at radius 1 is 1.16 bits per heavy atom. The third kappa shape index (κ3) is 4.90. The van der Waals surface area contributed by atoms with E-state index in [2.05, 4.69) is 30.6 Å². The highest BCUT2D eigenvalue weighted by molar-refractivity contribution is 5.81. The molecule has 2 N–H and O–H groups in total. The third-order valence-corrected chi connectivity index (χ3v) is 5.24. The molecule has 1 aliphatic rings. The summed E-state index contributed by atoms with van der Waals surface area (Å²) in [5, 5.41) is 6.42. The number of halogens is 1. The number of benzene rings is 1. The molecule has 10 heteroatoms. The minimum atomic E-state index is -0.283. The van der Waals surface area contributed by atoms with Gasteiger partial charge < -0.3 is 20.4 Å². The molecule has 0 saturated carbocycles. The number of nitrogens with one attached hydrogen (secondary N) is 2. The van der Waals surface area contributed by atoms with Crippen LogP contribution in [0.2, 0.25) is 0 Å². The van der Waals surface area contributed by atoms with Crippen molar-refractivity contribution >= 4 is 29.3 Å². The van der Waals surface area contributed by atoms with E-state index >= 15 is 0 Å². The zero-order valence-electron chi connectivity index (χ0n) is 18.2. The van der Waals surface area contributed by atoms with Crippen LogP contribution >= 0.6 is 0 Å². The zero-order chi connectivity index (χ0) is 22.7. The second-order valence-electron chi connectivity index (χ2n) is 7.90. The van der Waals surface area contributed by atoms with Crippen molar-refractivity contribution in [3.63, 3.8) is 0 Å². The lowest BCUT2D eigenvalue weighted by Gasteiger charge is -2.40. The standard InChI is InChI=1S/C22H25FN8O/c1-14(15-4-6-17(23)7-5-15)26-22-28-18(27-19-11-24-8-9-25-19)10-20(29-22)31-12-16(13-31)21(32)30(2)3/h4-11,14,16H,12-13H2,1-3H3,(H2,25,26,27,28,29). The molecular weight excluding hydrogens is 411 g/mol. The first-order valence-electron chi connectivity index (χ1n) is 10.3. The molecule has 1 atom stereocenters. The largest absolute Gasteiger partial charge is 0.355 e. The number of hydrogen-bond acceptors (Lipinski definition) is 8. The zero-order valence-corrected chi connectivity index (χ0v) is 18.2. The van der Waals surface area contributed by atoms with Gasteiger partial charge in [0.1, 0.15) is 23.3 Å². The highest BCUT2D eigenvalue weighted by atomic mass is 19.1. The molecule has 1 unspecified atom stereocenters. The van der Waals surface area contributed by atoms with Crippen LogP contribution in [0.1, 0.15) is 18.5 Å². The van der Waals surface area contributed by atoms with Crippen LogP contribution in [0.3, 0.4) is 0 Å². The molecule has 0 spiro atoms. The molecule has 0 radical (unpaired) electrons. The summed E-state index contributed by atoms with van der Waals surface area (Å²) in [4.78, 5) is 33.3. The summed E-state index contributed by atoms with van der Waals surface area (Å²) in [5.41, 5.74) is 0.907. The molecule has 4 rings (SSSR count). The van der Waals surface area contributed by atoms with Crippen LogP contribution in [0.4, 0.5) is 27.8 Å². The maximum atomic E-state index is 13.3. The van der Waals surface area contributed by atoms with Crippen molar-refractivity contribution in [2.75, 3.05) is 42.7 Å². The Morgan fingerprint density at radius 3 is 2.56 bits per heavy atom. The van der Waals surface area contributed by atoms with E-state index in [1.54, 1.807) is 49.7 Å². The van der Waals surface area contributed by atoms with E-state index in [9.17, 15) is 9.18 Å². The summed E-state index contributed by atoms with van der Waals surface area (Å²) in [6.07, 6.45) is 4.79. The minimum Gasteiger partial charge on any atom is -0.355 e. The van der Waals surface area contributed by atoms with Crippen molar-refractivity contribution in [1.82, 2.24) is 24.8 Å². The summed E-state index contributed by atoms with van der Waals surface area (Å²) in [5.74, 6) is 1.98. The smallest absolute Gasteiger partial charge is 0.228 e. The van der Waals surface area contributed by atoms with E-state index in [4.69, 9.17) is 0 Å². The van der Waals surface area contributed by atoms with Crippen LogP contribution in [0.15, 0.2) is 48.9 Å². The Bertz CT molecular complexity index is 1070. The van der Waals surface area contributed by atoms with Crippen LogP contribution < -0.4 is 15.5 Å². The van der Waals surface area contributed by atoms with Gasteiger partial charge in [-0.1, -0.05) is 12.1 Å². The second-order valence-corrected chi connectivity index (χ2v) is 7.90. The van der Waals surface area contributed by atoms with Gasteiger partial charge in [0, 0.05) is 45.6 Å². The quantitative estimate of drug-likeness (QED) is 0.583. The SMILES string of the molecule is CC(Nc1nc(Nc2cnccn2)cc(N2CC(C(=O)N(C)C)C2)n1)c1ccc(F)cc1. The van der Waals surface area contributed by atoms with Gasteiger partial charge in [-0.25, -0.2) is 9.37 Å². The van der Waals surface area contributed by atoms with Crippen LogP contribution in [-0.4, -0.2) is 57.9 Å². The fourth-order valence-corrected chi connectivity index (χ4v) is 3.44. The van der Waals surface area contributed by atoms with E-state index < -0.39 is 0 Å². The Morgan fingerprint density at radius 2 is 1.91 bits per heavy atom. The summed E-state index contributed by atoms with van der Waals surface area (Å²) in [7, 11) is 3.52. The number of nitrogens with zero attached hydrogens (tertiary/aromatic N) is 6. The molecule has 2 aromatic heterocycles. The number of aromatic nitrogens is 4. The highest BCUT2D eigenvalue weighted by Gasteiger charge is 2.34. The summed E-state index contributed by atoms with van der Waals surface area (Å²) >= 11 is 0. The molecule has 1 saturated heterocycles. The van der Waals surface area contributed by atoms with Crippen molar-refractivity contribution < 1.29 is 9.18 Å². The average molecular weight is 436 g/mol. The molecular formula is C22H25FN8O. The molecule has 3 heterocycles. The lowest BCUT2D eigenvalue weighted by atomic mass is 9.99. The van der Waals surface area contributed by atoms with Crippen LogP contribution in [0.5, 0.6) is 0 Å². The maximum Gasteiger partial charge on any atom is 0.228 e. The second kappa shape index (κ2) is 9.13. The normalized spacial score (nSPS) is 14.4. The van der Waals surface area contributed by atoms with E-state index in [0.717, 1.165) is 5.56 Å². The first kappa shape index (κ1) is 21.4. The number of carbonyl (C=O) groups excluding carboxylic acids is 1. The number of carbonyl (C=O) groups is 1. The molecule has 1 fully saturated rings. The average Bonchev–Trinajstić information content (AvgIpc) is 2.73. The molecule has 1 aromatic carbocycles. The van der Waals surface area contributed by atoms with Gasteiger partial charge in [-0.05, 0) is 24.6 Å². The van der Waals surface area contributed by atoms with Gasteiger partial charge in [-0.15, -0.1) is 0 Å². The molecule has 32 heavy (non-hydrogen) atoms. The lowest BCUT2D eigenvalue weighted by Crippen LogP contribution is -2.53. The van der Waals surface area contributed by atoms with Crippen LogP contribution in [-0.2, 0) is 4.79 Å². The lowest BCUT2D eigenvalue weighted by molar-refractivity contribution is -0.133. The topological polar surface area (TPSA) is 99.2 Å². The Hall–Kier alpha value is -3.82. The Kier molecular flexibility index (Phi) is 6.11. The van der Waals surface area contributed by atoms with Crippen LogP contribution in [0, 0.1) is 11.7 Å². The number of hydrogen-bond donors (Lipinski definition) is 2. The van der Waals surface area contributed by atoms with Crippen molar-refractivity contribution in [1.29, 1.82) is 0 Å². The van der Waals surface area contributed by atoms with E-state index in [-0.39, 0.29) is 23.7 Å². The molecule has 0 bridgehead atoms. The van der Waals surface area contributed by atoms with Crippen molar-refractivity contribution in [2.24, 2.45) is 5.92 Å². The Balaban J connectivity index is 1.56. The van der Waals surface area contributed by atoms with Gasteiger partial charge in [0.15, 0.2) is 0 Å². The minimum absolute atomic E-state index is 0.0501. The molecule has 0 aliphatic carbocycles. The predicted molar refractivity (Wildman–Crippen MR) is 120 cm³/mol. The molecule has 1 amide bonds. The first-order valence-corrected chi connectivity index (χ1v) is 10.3. The fourth-order valence-electron chi connectivity index (χ4n) is 3.44. The van der Waals surface area contributed by atoms with Crippen LogP contribution in [0.25, 0.3) is 0 Å². The summed E-state index contributed by atoms with van der Waals surface area (Å²) in [6.45, 7) is 3.13. The highest BCUT2D eigenvalue weighted by Crippen LogP contribution is 2.28. The monoisotopic (exact) mass is 436 g/mol. The summed E-state index contributed by atoms with van der Waals surface area (Å²) in [6, 6.07) is 7.97. The predicted octanol–water partition coefficient (Wildman–Crippen LogP) is 2.85. The van der Waals surface area contributed by atoms with Gasteiger partial charge in [0.2, 0.25) is 11.9 Å². The van der Waals surface area contributed by atoms with Gasteiger partial charge in [0.25, 0.3) is 0 Å². The molecule has 9 nitrogen and oxygen atoms in total. The van der Waals surface area contributed by atoms with Gasteiger partial charge in [-0.2, -0.15) is 9.97 Å². The van der Waals surface area contributed by atoms with Gasteiger partial charge in [-0.3, -0.25) is 9.78 Å². The summed E-state index contributed by atoms with van der Waals surface area (Å²) < 4.78 is 13.3. The molecule has 166 valence electrons. The van der Waals surface area contributed by atoms with E-state index in [1.807, 2.05) is 17.9 Å². The third-order valence-electron chi connectivity index (χ3n) is 5.24. The van der Waals surface area contributed by atoms with E-state index in [1.165, 1.54) is 12.1 Å². The van der Waals surface area contributed by atoms with Gasteiger partial charge >= 0.3 is 0 Å². The first-order chi connectivity index (χ1) is 15.4. The van der Waals surface area contributed by atoms with Crippen molar-refractivity contribution in [3.05, 3.63) is 60.3 Å². The number of anilines is 4.